The molecule has 0 aromatic carbocycles. The third-order valence-corrected chi connectivity index (χ3v) is 8.13. The Hall–Kier alpha value is -1.47. The highest BCUT2D eigenvalue weighted by Gasteiger charge is 2.24. The normalized spacial score (nSPS) is 19.7. The summed E-state index contributed by atoms with van der Waals surface area (Å²) in [5.41, 5.74) is 2.16. The topological polar surface area (TPSA) is 54.7 Å². The van der Waals surface area contributed by atoms with Crippen LogP contribution in [0, 0.1) is 0 Å². The van der Waals surface area contributed by atoms with Gasteiger partial charge in [0.15, 0.2) is 0 Å². The fourth-order valence-corrected chi connectivity index (χ4v) is 6.66. The van der Waals surface area contributed by atoms with Gasteiger partial charge in [-0.1, -0.05) is 34.1 Å². The maximum absolute atomic E-state index is 12.7. The van der Waals surface area contributed by atoms with Crippen LogP contribution in [0.3, 0.4) is 0 Å². The first-order valence-electron chi connectivity index (χ1n) is 9.27. The van der Waals surface area contributed by atoms with Crippen molar-refractivity contribution in [1.82, 2.24) is 14.3 Å². The van der Waals surface area contributed by atoms with Crippen LogP contribution in [0.4, 0.5) is 0 Å². The summed E-state index contributed by atoms with van der Waals surface area (Å²) >= 11 is 0. The summed E-state index contributed by atoms with van der Waals surface area (Å²) in [5, 5.41) is 0.774. The van der Waals surface area contributed by atoms with Gasteiger partial charge in [-0.25, -0.2) is 4.98 Å². The van der Waals surface area contributed by atoms with Crippen LogP contribution < -0.4 is 5.56 Å². The zero-order chi connectivity index (χ0) is 17.9. The first-order chi connectivity index (χ1) is 12.7. The molecular formula is C19H23N3O2S2. The summed E-state index contributed by atoms with van der Waals surface area (Å²) in [6, 6.07) is 5.56. The number of aromatic nitrogens is 2. The van der Waals surface area contributed by atoms with Gasteiger partial charge in [0.25, 0.3) is 5.56 Å². The molecule has 1 fully saturated rings. The summed E-state index contributed by atoms with van der Waals surface area (Å²) in [6.07, 6.45) is 7.56. The summed E-state index contributed by atoms with van der Waals surface area (Å²) in [7, 11) is 3.97. The number of rotatable bonds is 5. The minimum absolute atomic E-state index is 0.0427. The number of hydrogen-bond donors (Lipinski definition) is 0. The molecule has 2 aliphatic rings. The molecule has 0 unspecified atom stereocenters. The predicted octanol–water partition coefficient (Wildman–Crippen LogP) is 3.29. The molecule has 2 aromatic rings. The Kier molecular flexibility index (Phi) is 5.55. The van der Waals surface area contributed by atoms with E-state index in [9.17, 15) is 9.59 Å². The SMILES string of the molecule is O=C(CCCC[C@@H]1CCSS1)N1CCc2nc3ccccn3c(=O)c2C1. The second-order valence-electron chi connectivity index (χ2n) is 6.91. The van der Waals surface area contributed by atoms with Gasteiger partial charge in [-0.15, -0.1) is 0 Å². The van der Waals surface area contributed by atoms with E-state index < -0.39 is 0 Å². The third-order valence-electron chi connectivity index (χ3n) is 5.13. The minimum Gasteiger partial charge on any atom is -0.338 e. The quantitative estimate of drug-likeness (QED) is 0.580. The number of nitrogens with zero attached hydrogens (tertiary/aromatic N) is 3. The fraction of sp³-hybridized carbons (Fsp3) is 0.526. The van der Waals surface area contributed by atoms with Gasteiger partial charge in [-0.05, 0) is 31.4 Å². The standard InChI is InChI=1S/C19H23N3O2S2/c23-18(7-2-1-5-14-9-12-25-26-14)21-11-8-16-15(13-21)19(24)22-10-4-3-6-17(22)20-16/h3-4,6,10,14H,1-2,5,7-9,11-13H2/t14-/m1/s1. The van der Waals surface area contributed by atoms with Gasteiger partial charge < -0.3 is 4.90 Å². The molecule has 0 spiro atoms. The first-order valence-corrected chi connectivity index (χ1v) is 11.7. The van der Waals surface area contributed by atoms with Crippen LogP contribution in [0.25, 0.3) is 5.65 Å². The molecule has 0 radical (unpaired) electrons. The van der Waals surface area contributed by atoms with Crippen LogP contribution in [-0.4, -0.2) is 37.7 Å². The van der Waals surface area contributed by atoms with Crippen LogP contribution in [-0.2, 0) is 17.8 Å². The van der Waals surface area contributed by atoms with E-state index in [1.807, 2.05) is 44.7 Å². The van der Waals surface area contributed by atoms with E-state index in [-0.39, 0.29) is 11.5 Å². The molecule has 138 valence electrons. The molecular weight excluding hydrogens is 366 g/mol. The smallest absolute Gasteiger partial charge is 0.263 e. The largest absolute Gasteiger partial charge is 0.338 e. The Morgan fingerprint density at radius 3 is 3.08 bits per heavy atom. The zero-order valence-corrected chi connectivity index (χ0v) is 16.4. The average Bonchev–Trinajstić information content (AvgIpc) is 3.18. The maximum Gasteiger partial charge on any atom is 0.263 e. The lowest BCUT2D eigenvalue weighted by Gasteiger charge is -2.28. The first kappa shape index (κ1) is 17.9. The van der Waals surface area contributed by atoms with Crippen LogP contribution in [0.1, 0.15) is 43.4 Å². The lowest BCUT2D eigenvalue weighted by atomic mass is 10.1. The highest BCUT2D eigenvalue weighted by molar-refractivity contribution is 8.77. The van der Waals surface area contributed by atoms with E-state index in [1.54, 1.807) is 10.6 Å². The van der Waals surface area contributed by atoms with Crippen molar-refractivity contribution in [3.05, 3.63) is 46.0 Å². The van der Waals surface area contributed by atoms with Crippen molar-refractivity contribution in [2.75, 3.05) is 12.3 Å². The zero-order valence-electron chi connectivity index (χ0n) is 14.7. The highest BCUT2D eigenvalue weighted by atomic mass is 33.1. The van der Waals surface area contributed by atoms with E-state index in [2.05, 4.69) is 4.98 Å². The van der Waals surface area contributed by atoms with Crippen LogP contribution in [0.5, 0.6) is 0 Å². The Labute approximate surface area is 161 Å². The molecule has 4 heterocycles. The molecule has 26 heavy (non-hydrogen) atoms. The van der Waals surface area contributed by atoms with E-state index >= 15 is 0 Å². The number of hydrogen-bond acceptors (Lipinski definition) is 5. The van der Waals surface area contributed by atoms with E-state index in [0.29, 0.717) is 37.1 Å². The van der Waals surface area contributed by atoms with Gasteiger partial charge in [-0.2, -0.15) is 0 Å². The second-order valence-corrected chi connectivity index (χ2v) is 9.70. The predicted molar refractivity (Wildman–Crippen MR) is 108 cm³/mol. The van der Waals surface area contributed by atoms with Crippen molar-refractivity contribution >= 4 is 33.1 Å². The van der Waals surface area contributed by atoms with Crippen molar-refractivity contribution < 1.29 is 4.79 Å². The molecule has 0 N–H and O–H groups in total. The third kappa shape index (κ3) is 3.78. The van der Waals surface area contributed by atoms with Crippen LogP contribution in [0.15, 0.2) is 29.2 Å². The van der Waals surface area contributed by atoms with E-state index in [4.69, 9.17) is 0 Å². The summed E-state index contributed by atoms with van der Waals surface area (Å²) in [6.45, 7) is 1.06. The Balaban J connectivity index is 1.37. The summed E-state index contributed by atoms with van der Waals surface area (Å²) < 4.78 is 1.57. The lowest BCUT2D eigenvalue weighted by Crippen LogP contribution is -2.40. The van der Waals surface area contributed by atoms with Crippen LogP contribution in [0.2, 0.25) is 0 Å². The Morgan fingerprint density at radius 2 is 2.23 bits per heavy atom. The van der Waals surface area contributed by atoms with E-state index in [0.717, 1.165) is 23.8 Å². The van der Waals surface area contributed by atoms with Gasteiger partial charge in [0.05, 0.1) is 17.8 Å². The lowest BCUT2D eigenvalue weighted by molar-refractivity contribution is -0.132. The van der Waals surface area contributed by atoms with Gasteiger partial charge in [0.2, 0.25) is 5.91 Å². The molecule has 0 saturated carbocycles. The van der Waals surface area contributed by atoms with Crippen molar-refractivity contribution in [3.8, 4) is 0 Å². The molecule has 4 rings (SSSR count). The van der Waals surface area contributed by atoms with Gasteiger partial charge >= 0.3 is 0 Å². The second kappa shape index (κ2) is 8.05. The number of unbranched alkanes of at least 4 members (excludes halogenated alkanes) is 1. The summed E-state index contributed by atoms with van der Waals surface area (Å²) in [5.74, 6) is 1.43. The molecule has 0 aliphatic carbocycles. The molecule has 7 heteroatoms. The molecule has 1 amide bonds. The van der Waals surface area contributed by atoms with Gasteiger partial charge in [0.1, 0.15) is 5.65 Å². The Bertz CT molecular complexity index is 861. The van der Waals surface area contributed by atoms with Gasteiger partial charge in [0, 0.05) is 36.6 Å². The van der Waals surface area contributed by atoms with E-state index in [1.165, 1.54) is 18.6 Å². The molecule has 5 nitrogen and oxygen atoms in total. The number of carbonyl (C=O) groups is 1. The van der Waals surface area contributed by atoms with Crippen molar-refractivity contribution in [1.29, 1.82) is 0 Å². The molecule has 2 aliphatic heterocycles. The average molecular weight is 390 g/mol. The number of fused-ring (bicyclic) bond motifs is 2. The Morgan fingerprint density at radius 1 is 1.31 bits per heavy atom. The number of carbonyl (C=O) groups excluding carboxylic acids is 1. The van der Waals surface area contributed by atoms with Gasteiger partial charge in [-0.3, -0.25) is 14.0 Å². The van der Waals surface area contributed by atoms with Crippen LogP contribution >= 0.6 is 21.6 Å². The minimum atomic E-state index is -0.0427. The highest BCUT2D eigenvalue weighted by Crippen LogP contribution is 2.39. The summed E-state index contributed by atoms with van der Waals surface area (Å²) in [4.78, 5) is 31.7. The number of pyridine rings is 1. The van der Waals surface area contributed by atoms with Crippen molar-refractivity contribution in [2.45, 2.75) is 50.3 Å². The van der Waals surface area contributed by atoms with Crippen molar-refractivity contribution in [3.63, 3.8) is 0 Å². The fourth-order valence-electron chi connectivity index (χ4n) is 3.63. The monoisotopic (exact) mass is 389 g/mol. The maximum atomic E-state index is 12.7. The molecule has 0 bridgehead atoms. The number of amides is 1. The van der Waals surface area contributed by atoms with Crippen molar-refractivity contribution in [2.24, 2.45) is 0 Å². The molecule has 1 atom stereocenters. The molecule has 1 saturated heterocycles. The molecule has 2 aromatic heterocycles.